The molecule has 3 aromatic carbocycles. The van der Waals surface area contributed by atoms with Gasteiger partial charge in [0.15, 0.2) is 6.73 Å². The summed E-state index contributed by atoms with van der Waals surface area (Å²) in [5.74, 6) is 2.29. The van der Waals surface area contributed by atoms with Gasteiger partial charge in [0.25, 0.3) is 17.2 Å². The van der Waals surface area contributed by atoms with Gasteiger partial charge >= 0.3 is 5.97 Å². The highest BCUT2D eigenvalue weighted by Gasteiger charge is 2.25. The summed E-state index contributed by atoms with van der Waals surface area (Å²) in [5.41, 5.74) is 1.51. The van der Waals surface area contributed by atoms with Gasteiger partial charge in [0, 0.05) is 29.9 Å². The summed E-state index contributed by atoms with van der Waals surface area (Å²) in [7, 11) is 0. The third-order valence-corrected chi connectivity index (χ3v) is 7.61. The number of anilines is 1. The molecule has 1 atom stereocenters. The maximum absolute atomic E-state index is 13.4. The van der Waals surface area contributed by atoms with E-state index < -0.39 is 28.3 Å². The fourth-order valence-corrected chi connectivity index (χ4v) is 4.98. The number of aryl methyl sites for hydroxylation is 1. The first-order chi connectivity index (χ1) is 23.3. The topological polar surface area (TPSA) is 191 Å². The molecule has 2 aromatic heterocycles. The fourth-order valence-electron chi connectivity index (χ4n) is 4.98. The summed E-state index contributed by atoms with van der Waals surface area (Å²) < 4.78 is 6.70. The Morgan fingerprint density at radius 1 is 1.14 bits per heavy atom. The summed E-state index contributed by atoms with van der Waals surface area (Å²) in [6.45, 7) is 7.20. The molecule has 0 saturated heterocycles. The van der Waals surface area contributed by atoms with Crippen LogP contribution in [-0.4, -0.2) is 53.5 Å². The number of esters is 1. The number of aromatic amines is 1. The Morgan fingerprint density at radius 2 is 1.90 bits per heavy atom. The number of amides is 1. The Balaban J connectivity index is 1.35. The molecule has 0 saturated carbocycles. The van der Waals surface area contributed by atoms with Gasteiger partial charge in [0.2, 0.25) is 5.82 Å². The molecule has 2 N–H and O–H groups in total. The lowest BCUT2D eigenvalue weighted by atomic mass is 9.98. The molecule has 0 aliphatic heterocycles. The SMILES string of the molecule is C#CCN(Cc1ccc2nc(C)n(COC(=O)C(C)(C)C)c(=O)c2c1)c1ccc(C(=O)NC(c2cccc([N+](=O)[O-])c2)c2nn[nH]n2)cc1. The number of carbonyl (C=O) groups is 2. The smallest absolute Gasteiger partial charge is 0.312 e. The zero-order valence-electron chi connectivity index (χ0n) is 27.2. The second kappa shape index (κ2) is 14.1. The largest absolute Gasteiger partial charge is 0.443 e. The van der Waals surface area contributed by atoms with Gasteiger partial charge < -0.3 is 15.0 Å². The first-order valence-electron chi connectivity index (χ1n) is 15.1. The first-order valence-corrected chi connectivity index (χ1v) is 15.1. The van der Waals surface area contributed by atoms with Crippen molar-refractivity contribution in [3.63, 3.8) is 0 Å². The zero-order valence-corrected chi connectivity index (χ0v) is 27.2. The average Bonchev–Trinajstić information content (AvgIpc) is 3.61. The van der Waals surface area contributed by atoms with Crippen molar-refractivity contribution in [2.75, 3.05) is 11.4 Å². The zero-order chi connectivity index (χ0) is 35.3. The molecule has 1 unspecified atom stereocenters. The van der Waals surface area contributed by atoms with E-state index >= 15 is 0 Å². The van der Waals surface area contributed by atoms with Gasteiger partial charge in [-0.15, -0.1) is 16.6 Å². The molecule has 250 valence electrons. The van der Waals surface area contributed by atoms with E-state index in [4.69, 9.17) is 11.2 Å². The molecule has 0 spiro atoms. The molecule has 0 radical (unpaired) electrons. The van der Waals surface area contributed by atoms with Crippen molar-refractivity contribution < 1.29 is 19.2 Å². The van der Waals surface area contributed by atoms with Crippen LogP contribution in [0.3, 0.4) is 0 Å². The predicted molar refractivity (Wildman–Crippen MR) is 179 cm³/mol. The molecule has 15 heteroatoms. The summed E-state index contributed by atoms with van der Waals surface area (Å²) in [5, 5.41) is 28.4. The lowest BCUT2D eigenvalue weighted by Crippen LogP contribution is -2.30. The molecule has 2 heterocycles. The molecule has 15 nitrogen and oxygen atoms in total. The highest BCUT2D eigenvalue weighted by Crippen LogP contribution is 2.25. The average molecular weight is 664 g/mol. The highest BCUT2D eigenvalue weighted by molar-refractivity contribution is 5.95. The van der Waals surface area contributed by atoms with E-state index in [1.54, 1.807) is 70.2 Å². The van der Waals surface area contributed by atoms with Gasteiger partial charge in [-0.25, -0.2) is 4.98 Å². The van der Waals surface area contributed by atoms with Crippen molar-refractivity contribution in [2.24, 2.45) is 5.41 Å². The number of tetrazole rings is 1. The number of aromatic nitrogens is 6. The summed E-state index contributed by atoms with van der Waals surface area (Å²) >= 11 is 0. The third kappa shape index (κ3) is 7.76. The standard InChI is InChI=1S/C34H33N9O6/c1-6-16-41(19-22-10-15-28-27(17-22)32(45)42(21(2)35-28)20-49-33(46)34(3,4)5)25-13-11-23(12-14-25)31(44)36-29(30-37-39-40-38-30)24-8-7-9-26(18-24)43(47)48/h1,7-15,17-18,29H,16,19-20H2,2-5H3,(H,36,44)(H,37,38,39,40). The van der Waals surface area contributed by atoms with Gasteiger partial charge in [0.05, 0.1) is 27.8 Å². The van der Waals surface area contributed by atoms with Crippen molar-refractivity contribution in [2.45, 2.75) is 47.0 Å². The molecular formula is C34H33N9O6. The van der Waals surface area contributed by atoms with Gasteiger partial charge in [-0.2, -0.15) is 5.21 Å². The van der Waals surface area contributed by atoms with Crippen LogP contribution < -0.4 is 15.8 Å². The molecule has 5 aromatic rings. The minimum atomic E-state index is -0.912. The van der Waals surface area contributed by atoms with Crippen LogP contribution in [0.1, 0.15) is 59.9 Å². The van der Waals surface area contributed by atoms with E-state index in [0.29, 0.717) is 34.4 Å². The Hall–Kier alpha value is -6.43. The normalized spacial score (nSPS) is 11.8. The molecule has 0 aliphatic rings. The number of ether oxygens (including phenoxy) is 1. The quantitative estimate of drug-likeness (QED) is 0.0903. The number of carbonyl (C=O) groups excluding carboxylic acids is 2. The number of hydrogen-bond donors (Lipinski definition) is 2. The van der Waals surface area contributed by atoms with E-state index in [1.165, 1.54) is 22.8 Å². The second-order valence-corrected chi connectivity index (χ2v) is 12.2. The van der Waals surface area contributed by atoms with Crippen molar-refractivity contribution in [3.8, 4) is 12.3 Å². The number of rotatable bonds is 11. The van der Waals surface area contributed by atoms with Gasteiger partial charge in [-0.05, 0) is 75.2 Å². The number of fused-ring (bicyclic) bond motifs is 1. The fraction of sp³-hybridized carbons (Fsp3) is 0.265. The number of benzene rings is 3. The number of nitro groups is 1. The molecule has 0 aliphatic carbocycles. The number of terminal acetylenes is 1. The van der Waals surface area contributed by atoms with Crippen LogP contribution in [0.4, 0.5) is 11.4 Å². The van der Waals surface area contributed by atoms with E-state index in [1.807, 2.05) is 11.0 Å². The van der Waals surface area contributed by atoms with E-state index in [-0.39, 0.29) is 30.3 Å². The monoisotopic (exact) mass is 663 g/mol. The van der Waals surface area contributed by atoms with E-state index in [0.717, 1.165) is 11.3 Å². The van der Waals surface area contributed by atoms with E-state index in [9.17, 15) is 24.5 Å². The van der Waals surface area contributed by atoms with Crippen LogP contribution in [0.25, 0.3) is 10.9 Å². The van der Waals surface area contributed by atoms with Crippen molar-refractivity contribution in [3.05, 3.63) is 116 Å². The van der Waals surface area contributed by atoms with Crippen molar-refractivity contribution in [1.29, 1.82) is 0 Å². The first kappa shape index (κ1) is 33.9. The van der Waals surface area contributed by atoms with Crippen LogP contribution in [0.2, 0.25) is 0 Å². The summed E-state index contributed by atoms with van der Waals surface area (Å²) in [6, 6.07) is 17.0. The van der Waals surface area contributed by atoms with Gasteiger partial charge in [0.1, 0.15) is 11.9 Å². The van der Waals surface area contributed by atoms with Crippen LogP contribution in [0.15, 0.2) is 71.5 Å². The molecule has 0 bridgehead atoms. The maximum atomic E-state index is 13.4. The Kier molecular flexibility index (Phi) is 9.79. The molecule has 1 amide bonds. The number of hydrogen-bond acceptors (Lipinski definition) is 11. The molecule has 49 heavy (non-hydrogen) atoms. The predicted octanol–water partition coefficient (Wildman–Crippen LogP) is 3.83. The van der Waals surface area contributed by atoms with Crippen LogP contribution >= 0.6 is 0 Å². The number of nitrogens with zero attached hydrogens (tertiary/aromatic N) is 7. The summed E-state index contributed by atoms with van der Waals surface area (Å²) in [4.78, 5) is 56.3. The number of nitro benzene ring substituents is 1. The minimum Gasteiger partial charge on any atom is -0.443 e. The lowest BCUT2D eigenvalue weighted by Gasteiger charge is -2.23. The van der Waals surface area contributed by atoms with Crippen LogP contribution in [0, 0.1) is 34.8 Å². The van der Waals surface area contributed by atoms with Crippen molar-refractivity contribution in [1.82, 2.24) is 35.5 Å². The number of H-pyrrole nitrogens is 1. The van der Waals surface area contributed by atoms with Crippen LogP contribution in [-0.2, 0) is 22.8 Å². The molecular weight excluding hydrogens is 630 g/mol. The Labute approximate surface area is 280 Å². The maximum Gasteiger partial charge on any atom is 0.312 e. The molecule has 0 fully saturated rings. The lowest BCUT2D eigenvalue weighted by molar-refractivity contribution is -0.384. The van der Waals surface area contributed by atoms with Gasteiger partial charge in [-0.3, -0.25) is 29.1 Å². The number of non-ortho nitro benzene ring substituents is 1. The van der Waals surface area contributed by atoms with Gasteiger partial charge in [-0.1, -0.05) is 29.3 Å². The number of nitrogens with one attached hydrogen (secondary N) is 2. The Morgan fingerprint density at radius 3 is 2.55 bits per heavy atom. The van der Waals surface area contributed by atoms with E-state index in [2.05, 4.69) is 36.8 Å². The second-order valence-electron chi connectivity index (χ2n) is 12.2. The highest BCUT2D eigenvalue weighted by atomic mass is 16.6. The minimum absolute atomic E-state index is 0.129. The summed E-state index contributed by atoms with van der Waals surface area (Å²) in [6.07, 6.45) is 5.70. The Bertz CT molecular complexity index is 2110. The third-order valence-electron chi connectivity index (χ3n) is 7.61. The van der Waals surface area contributed by atoms with Crippen molar-refractivity contribution >= 4 is 34.2 Å². The molecule has 5 rings (SSSR count). The van der Waals surface area contributed by atoms with Crippen LogP contribution in [0.5, 0.6) is 0 Å².